The van der Waals surface area contributed by atoms with Crippen LogP contribution in [0.1, 0.15) is 16.8 Å². The molecule has 1 aromatic carbocycles. The molecular weight excluding hydrogens is 334 g/mol. The quantitative estimate of drug-likeness (QED) is 0.788. The lowest BCUT2D eigenvalue weighted by Gasteiger charge is -2.40. The van der Waals surface area contributed by atoms with Gasteiger partial charge in [0.25, 0.3) is 0 Å². The molecule has 2 atom stereocenters. The van der Waals surface area contributed by atoms with Crippen LogP contribution < -0.4 is 4.90 Å². The minimum absolute atomic E-state index is 0.0599. The van der Waals surface area contributed by atoms with Crippen LogP contribution in [0.3, 0.4) is 0 Å². The molecule has 2 aliphatic rings. The van der Waals surface area contributed by atoms with E-state index in [9.17, 15) is 14.7 Å². The number of hydrogen-bond acceptors (Lipinski definition) is 6. The highest BCUT2D eigenvalue weighted by atomic mass is 16.5. The molecule has 1 N–H and O–H groups in total. The number of methoxy groups -OCH3 is 1. The van der Waals surface area contributed by atoms with E-state index in [-0.39, 0.29) is 17.8 Å². The lowest BCUT2D eigenvalue weighted by Crippen LogP contribution is -2.55. The average Bonchev–Trinajstić information content (AvgIpc) is 2.69. The Labute approximate surface area is 154 Å². The van der Waals surface area contributed by atoms with Crippen molar-refractivity contribution in [1.82, 2.24) is 9.80 Å². The van der Waals surface area contributed by atoms with Crippen LogP contribution >= 0.6 is 0 Å². The van der Waals surface area contributed by atoms with Gasteiger partial charge in [-0.15, -0.1) is 0 Å². The van der Waals surface area contributed by atoms with Gasteiger partial charge in [0.05, 0.1) is 24.7 Å². The summed E-state index contributed by atoms with van der Waals surface area (Å²) in [5.41, 5.74) is 1.56. The molecule has 1 aromatic rings. The zero-order chi connectivity index (χ0) is 18.7. The maximum atomic E-state index is 12.8. The zero-order valence-electron chi connectivity index (χ0n) is 15.4. The number of esters is 1. The smallest absolute Gasteiger partial charge is 0.337 e. The second-order valence-electron chi connectivity index (χ2n) is 7.08. The van der Waals surface area contributed by atoms with Crippen LogP contribution in [-0.4, -0.2) is 86.3 Å². The van der Waals surface area contributed by atoms with Crippen LogP contribution in [0.5, 0.6) is 0 Å². The molecule has 7 heteroatoms. The fourth-order valence-electron chi connectivity index (χ4n) is 3.69. The van der Waals surface area contributed by atoms with Crippen LogP contribution in [0.15, 0.2) is 24.3 Å². The number of hydrogen-bond donors (Lipinski definition) is 1. The largest absolute Gasteiger partial charge is 0.465 e. The first kappa shape index (κ1) is 18.7. The highest BCUT2D eigenvalue weighted by Gasteiger charge is 2.35. The summed E-state index contributed by atoms with van der Waals surface area (Å²) in [6.07, 6.45) is 0.113. The number of anilines is 1. The number of benzene rings is 1. The third-order valence-electron chi connectivity index (χ3n) is 5.34. The monoisotopic (exact) mass is 361 g/mol. The summed E-state index contributed by atoms with van der Waals surface area (Å²) in [5.74, 6) is -0.604. The fraction of sp³-hybridized carbons (Fsp3) is 0.579. The van der Waals surface area contributed by atoms with Crippen LogP contribution in [0, 0.1) is 5.92 Å². The molecule has 0 spiro atoms. The van der Waals surface area contributed by atoms with Crippen molar-refractivity contribution in [2.75, 3.05) is 58.3 Å². The first-order valence-corrected chi connectivity index (χ1v) is 9.08. The van der Waals surface area contributed by atoms with Crippen LogP contribution in [0.2, 0.25) is 0 Å². The minimum Gasteiger partial charge on any atom is -0.465 e. The average molecular weight is 361 g/mol. The predicted molar refractivity (Wildman–Crippen MR) is 98.2 cm³/mol. The number of carbonyl (C=O) groups is 2. The van der Waals surface area contributed by atoms with Gasteiger partial charge in [0.15, 0.2) is 0 Å². The van der Waals surface area contributed by atoms with Gasteiger partial charge in [-0.25, -0.2) is 4.79 Å². The summed E-state index contributed by atoms with van der Waals surface area (Å²) in [7, 11) is 3.36. The van der Waals surface area contributed by atoms with Crippen LogP contribution in [-0.2, 0) is 9.53 Å². The van der Waals surface area contributed by atoms with Crippen molar-refractivity contribution >= 4 is 17.6 Å². The van der Waals surface area contributed by atoms with E-state index in [4.69, 9.17) is 4.74 Å². The maximum Gasteiger partial charge on any atom is 0.337 e. The van der Waals surface area contributed by atoms with Gasteiger partial charge >= 0.3 is 5.97 Å². The fourth-order valence-corrected chi connectivity index (χ4v) is 3.69. The van der Waals surface area contributed by atoms with E-state index in [2.05, 4.69) is 9.80 Å². The Morgan fingerprint density at radius 2 is 1.73 bits per heavy atom. The Kier molecular flexibility index (Phi) is 5.78. The van der Waals surface area contributed by atoms with Crippen molar-refractivity contribution in [3.63, 3.8) is 0 Å². The number of rotatable bonds is 3. The Morgan fingerprint density at radius 3 is 2.35 bits per heavy atom. The highest BCUT2D eigenvalue weighted by molar-refractivity contribution is 5.89. The number of ether oxygens (including phenoxy) is 1. The summed E-state index contributed by atoms with van der Waals surface area (Å²) in [4.78, 5) is 30.5. The molecule has 2 aliphatic heterocycles. The third kappa shape index (κ3) is 3.99. The number of nitrogens with zero attached hydrogens (tertiary/aromatic N) is 3. The van der Waals surface area contributed by atoms with E-state index in [1.54, 1.807) is 12.1 Å². The van der Waals surface area contributed by atoms with Crippen molar-refractivity contribution in [1.29, 1.82) is 0 Å². The number of piperidine rings is 1. The zero-order valence-corrected chi connectivity index (χ0v) is 15.4. The van der Waals surface area contributed by atoms with Crippen molar-refractivity contribution in [3.8, 4) is 0 Å². The topological polar surface area (TPSA) is 73.3 Å². The molecule has 0 aliphatic carbocycles. The number of aliphatic hydroxyl groups is 1. The molecule has 2 heterocycles. The Balaban J connectivity index is 1.57. The van der Waals surface area contributed by atoms with Gasteiger partial charge in [0, 0.05) is 45.0 Å². The molecule has 3 rings (SSSR count). The first-order valence-electron chi connectivity index (χ1n) is 9.08. The molecule has 0 radical (unpaired) electrons. The van der Waals surface area contributed by atoms with E-state index in [1.807, 2.05) is 24.1 Å². The summed E-state index contributed by atoms with van der Waals surface area (Å²) < 4.78 is 4.72. The number of likely N-dealkylation sites (tertiary alicyclic amines) is 1. The van der Waals surface area contributed by atoms with E-state index in [1.165, 1.54) is 7.11 Å². The molecule has 2 saturated heterocycles. The van der Waals surface area contributed by atoms with Crippen molar-refractivity contribution in [3.05, 3.63) is 29.8 Å². The molecule has 26 heavy (non-hydrogen) atoms. The highest BCUT2D eigenvalue weighted by Crippen LogP contribution is 2.22. The Bertz CT molecular complexity index is 641. The van der Waals surface area contributed by atoms with Gasteiger partial charge in [0.2, 0.25) is 5.91 Å². The molecule has 0 aromatic heterocycles. The molecule has 0 bridgehead atoms. The van der Waals surface area contributed by atoms with E-state index < -0.39 is 6.10 Å². The number of aliphatic hydroxyl groups excluding tert-OH is 1. The van der Waals surface area contributed by atoms with E-state index >= 15 is 0 Å². The van der Waals surface area contributed by atoms with Crippen LogP contribution in [0.4, 0.5) is 5.69 Å². The predicted octanol–water partition coefficient (Wildman–Crippen LogP) is 0.434. The third-order valence-corrected chi connectivity index (χ3v) is 5.34. The van der Waals surface area contributed by atoms with Gasteiger partial charge < -0.3 is 24.5 Å². The molecule has 1 amide bonds. The lowest BCUT2D eigenvalue weighted by molar-refractivity contribution is -0.142. The van der Waals surface area contributed by atoms with E-state index in [0.717, 1.165) is 25.3 Å². The number of amides is 1. The Hall–Kier alpha value is -2.12. The van der Waals surface area contributed by atoms with Crippen molar-refractivity contribution in [2.45, 2.75) is 12.5 Å². The van der Waals surface area contributed by atoms with Gasteiger partial charge in [-0.3, -0.25) is 4.79 Å². The lowest BCUT2D eigenvalue weighted by atomic mass is 9.93. The number of piperazine rings is 1. The maximum absolute atomic E-state index is 12.8. The summed E-state index contributed by atoms with van der Waals surface area (Å²) in [5, 5.41) is 10.2. The molecule has 0 saturated carbocycles. The Morgan fingerprint density at radius 1 is 1.08 bits per heavy atom. The van der Waals surface area contributed by atoms with Gasteiger partial charge in [-0.1, -0.05) is 0 Å². The molecule has 0 unspecified atom stereocenters. The molecule has 2 fully saturated rings. The van der Waals surface area contributed by atoms with Gasteiger partial charge in [-0.05, 0) is 37.7 Å². The SMILES string of the molecule is COC(=O)c1ccc(N2CCN(C(=O)[C@@H]3CN(C)CC[C@H]3O)CC2)cc1. The van der Waals surface area contributed by atoms with Crippen molar-refractivity contribution < 1.29 is 19.4 Å². The molecular formula is C19H27N3O4. The summed E-state index contributed by atoms with van der Waals surface area (Å²) in [6, 6.07) is 7.33. The standard InChI is InChI=1S/C19H27N3O4/c1-20-8-7-17(23)16(13-20)18(24)22-11-9-21(10-12-22)15-5-3-14(4-6-15)19(25)26-2/h3-6,16-17,23H,7-13H2,1-2H3/t16-,17-/m1/s1. The normalized spacial score (nSPS) is 24.4. The summed E-state index contributed by atoms with van der Waals surface area (Å²) >= 11 is 0. The van der Waals surface area contributed by atoms with Gasteiger partial charge in [0.1, 0.15) is 0 Å². The first-order chi connectivity index (χ1) is 12.5. The minimum atomic E-state index is -0.539. The molecule has 142 valence electrons. The van der Waals surface area contributed by atoms with Crippen LogP contribution in [0.25, 0.3) is 0 Å². The second kappa shape index (κ2) is 8.05. The van der Waals surface area contributed by atoms with Crippen molar-refractivity contribution in [2.24, 2.45) is 5.92 Å². The molecule has 7 nitrogen and oxygen atoms in total. The summed E-state index contributed by atoms with van der Waals surface area (Å²) in [6.45, 7) is 4.22. The second-order valence-corrected chi connectivity index (χ2v) is 7.08. The number of carbonyl (C=O) groups excluding carboxylic acids is 2. The van der Waals surface area contributed by atoms with Gasteiger partial charge in [-0.2, -0.15) is 0 Å². The van der Waals surface area contributed by atoms with E-state index in [0.29, 0.717) is 31.6 Å².